The highest BCUT2D eigenvalue weighted by molar-refractivity contribution is 9.10. The molecule has 0 unspecified atom stereocenters. The van der Waals surface area contributed by atoms with Crippen LogP contribution in [0.2, 0.25) is 5.15 Å². The zero-order chi connectivity index (χ0) is 14.8. The van der Waals surface area contributed by atoms with E-state index >= 15 is 0 Å². The Hall–Kier alpha value is -1.47. The molecule has 0 atom stereocenters. The molecule has 0 amide bonds. The van der Waals surface area contributed by atoms with E-state index in [1.54, 1.807) is 18.2 Å². The SMILES string of the molecule is FC(F)(F)Oc1ccc(Nc2cccc(Cl)n2)cc1Br. The summed E-state index contributed by atoms with van der Waals surface area (Å²) >= 11 is 8.75. The van der Waals surface area contributed by atoms with Gasteiger partial charge in [-0.1, -0.05) is 17.7 Å². The molecular weight excluding hydrogens is 360 g/mol. The molecule has 0 radical (unpaired) electrons. The third kappa shape index (κ3) is 4.28. The number of hydrogen-bond acceptors (Lipinski definition) is 3. The van der Waals surface area contributed by atoms with Gasteiger partial charge in [-0.05, 0) is 46.3 Å². The van der Waals surface area contributed by atoms with E-state index in [0.717, 1.165) is 0 Å². The molecule has 1 aromatic carbocycles. The fourth-order valence-electron chi connectivity index (χ4n) is 1.41. The van der Waals surface area contributed by atoms with Gasteiger partial charge in [0.1, 0.15) is 16.7 Å². The Morgan fingerprint density at radius 3 is 2.55 bits per heavy atom. The van der Waals surface area contributed by atoms with Crippen molar-refractivity contribution < 1.29 is 17.9 Å². The van der Waals surface area contributed by atoms with Crippen LogP contribution in [0.3, 0.4) is 0 Å². The standard InChI is InChI=1S/C12H7BrClF3N2O/c13-8-6-7(4-5-9(8)20-12(15,16)17)18-11-3-1-2-10(14)19-11/h1-6H,(H,18,19). The molecule has 0 bridgehead atoms. The minimum atomic E-state index is -4.73. The number of ether oxygens (including phenoxy) is 1. The number of anilines is 2. The summed E-state index contributed by atoms with van der Waals surface area (Å²) in [5, 5.41) is 3.22. The van der Waals surface area contributed by atoms with Crippen molar-refractivity contribution in [3.05, 3.63) is 46.0 Å². The van der Waals surface area contributed by atoms with Crippen molar-refractivity contribution in [1.29, 1.82) is 0 Å². The van der Waals surface area contributed by atoms with Gasteiger partial charge >= 0.3 is 6.36 Å². The highest BCUT2D eigenvalue weighted by Gasteiger charge is 2.31. The molecule has 2 rings (SSSR count). The molecule has 0 aliphatic carbocycles. The molecule has 0 aliphatic rings. The average Bonchev–Trinajstić information content (AvgIpc) is 2.31. The van der Waals surface area contributed by atoms with Crippen molar-refractivity contribution >= 4 is 39.0 Å². The fourth-order valence-corrected chi connectivity index (χ4v) is 2.04. The van der Waals surface area contributed by atoms with Crippen molar-refractivity contribution in [2.45, 2.75) is 6.36 Å². The van der Waals surface area contributed by atoms with E-state index in [-0.39, 0.29) is 10.2 Å². The predicted octanol–water partition coefficient (Wildman–Crippen LogP) is 5.14. The maximum Gasteiger partial charge on any atom is 0.573 e. The smallest absolute Gasteiger partial charge is 0.405 e. The summed E-state index contributed by atoms with van der Waals surface area (Å²) in [6.07, 6.45) is -4.73. The summed E-state index contributed by atoms with van der Waals surface area (Å²) in [7, 11) is 0. The average molecular weight is 368 g/mol. The van der Waals surface area contributed by atoms with Gasteiger partial charge in [-0.15, -0.1) is 13.2 Å². The van der Waals surface area contributed by atoms with E-state index in [2.05, 4.69) is 31.0 Å². The Bertz CT molecular complexity index is 622. The van der Waals surface area contributed by atoms with Gasteiger partial charge in [-0.25, -0.2) is 4.98 Å². The second-order valence-electron chi connectivity index (χ2n) is 3.66. The lowest BCUT2D eigenvalue weighted by Crippen LogP contribution is -2.17. The molecule has 1 aromatic heterocycles. The second-order valence-corrected chi connectivity index (χ2v) is 4.91. The first-order valence-corrected chi connectivity index (χ1v) is 6.45. The zero-order valence-electron chi connectivity index (χ0n) is 9.71. The van der Waals surface area contributed by atoms with Crippen LogP contribution in [0.5, 0.6) is 5.75 Å². The number of nitrogens with zero attached hydrogens (tertiary/aromatic N) is 1. The molecular formula is C12H7BrClF3N2O. The first kappa shape index (κ1) is 14.9. The minimum Gasteiger partial charge on any atom is -0.405 e. The number of rotatable bonds is 3. The quantitative estimate of drug-likeness (QED) is 0.763. The lowest BCUT2D eigenvalue weighted by atomic mass is 10.3. The molecule has 106 valence electrons. The molecule has 1 N–H and O–H groups in total. The number of alkyl halides is 3. The van der Waals surface area contributed by atoms with E-state index in [4.69, 9.17) is 11.6 Å². The highest BCUT2D eigenvalue weighted by Crippen LogP contribution is 2.33. The Morgan fingerprint density at radius 2 is 1.95 bits per heavy atom. The summed E-state index contributed by atoms with van der Waals surface area (Å²) in [6, 6.07) is 9.08. The van der Waals surface area contributed by atoms with Gasteiger partial charge in [0.15, 0.2) is 0 Å². The Kier molecular flexibility index (Phi) is 4.39. The number of benzene rings is 1. The lowest BCUT2D eigenvalue weighted by molar-refractivity contribution is -0.274. The maximum absolute atomic E-state index is 12.1. The molecule has 0 spiro atoms. The van der Waals surface area contributed by atoms with Gasteiger partial charge < -0.3 is 10.1 Å². The Labute approximate surface area is 125 Å². The van der Waals surface area contributed by atoms with Gasteiger partial charge in [-0.2, -0.15) is 0 Å². The molecule has 8 heteroatoms. The van der Waals surface area contributed by atoms with Crippen LogP contribution in [0.25, 0.3) is 0 Å². The zero-order valence-corrected chi connectivity index (χ0v) is 12.1. The van der Waals surface area contributed by atoms with Crippen LogP contribution in [0, 0.1) is 0 Å². The molecule has 3 nitrogen and oxygen atoms in total. The van der Waals surface area contributed by atoms with Crippen LogP contribution < -0.4 is 10.1 Å². The van der Waals surface area contributed by atoms with E-state index < -0.39 is 6.36 Å². The van der Waals surface area contributed by atoms with Crippen LogP contribution >= 0.6 is 27.5 Å². The molecule has 0 saturated carbocycles. The van der Waals surface area contributed by atoms with Gasteiger partial charge in [0, 0.05) is 5.69 Å². The summed E-state index contributed by atoms with van der Waals surface area (Å²) in [5.41, 5.74) is 0.543. The molecule has 20 heavy (non-hydrogen) atoms. The van der Waals surface area contributed by atoms with Crippen molar-refractivity contribution in [2.75, 3.05) is 5.32 Å². The number of aromatic nitrogens is 1. The molecule has 0 saturated heterocycles. The van der Waals surface area contributed by atoms with Crippen LogP contribution in [0.4, 0.5) is 24.7 Å². The molecule has 1 heterocycles. The van der Waals surface area contributed by atoms with Gasteiger partial charge in [0.2, 0.25) is 0 Å². The van der Waals surface area contributed by atoms with E-state index in [0.29, 0.717) is 16.7 Å². The largest absolute Gasteiger partial charge is 0.573 e. The lowest BCUT2D eigenvalue weighted by Gasteiger charge is -2.12. The number of halogens is 5. The fraction of sp³-hybridized carbons (Fsp3) is 0.0833. The van der Waals surface area contributed by atoms with Crippen LogP contribution in [-0.2, 0) is 0 Å². The van der Waals surface area contributed by atoms with Gasteiger partial charge in [0.25, 0.3) is 0 Å². The number of pyridine rings is 1. The topological polar surface area (TPSA) is 34.1 Å². The van der Waals surface area contributed by atoms with E-state index in [1.807, 2.05) is 0 Å². The van der Waals surface area contributed by atoms with Gasteiger partial charge in [-0.3, -0.25) is 0 Å². The minimum absolute atomic E-state index is 0.168. The summed E-state index contributed by atoms with van der Waals surface area (Å²) in [4.78, 5) is 4.01. The molecule has 2 aromatic rings. The first-order valence-electron chi connectivity index (χ1n) is 5.28. The number of hydrogen-bond donors (Lipinski definition) is 1. The maximum atomic E-state index is 12.1. The summed E-state index contributed by atoms with van der Waals surface area (Å²) < 4.78 is 40.4. The normalized spacial score (nSPS) is 11.2. The summed E-state index contributed by atoms with van der Waals surface area (Å²) in [6.45, 7) is 0. The van der Waals surface area contributed by atoms with E-state index in [9.17, 15) is 13.2 Å². The third-order valence-electron chi connectivity index (χ3n) is 2.15. The second kappa shape index (κ2) is 5.88. The monoisotopic (exact) mass is 366 g/mol. The Morgan fingerprint density at radius 1 is 1.20 bits per heavy atom. The van der Waals surface area contributed by atoms with Crippen LogP contribution in [0.15, 0.2) is 40.9 Å². The molecule has 0 fully saturated rings. The number of nitrogens with one attached hydrogen (secondary N) is 1. The van der Waals surface area contributed by atoms with Crippen molar-refractivity contribution in [1.82, 2.24) is 4.98 Å². The molecule has 0 aliphatic heterocycles. The first-order chi connectivity index (χ1) is 9.33. The third-order valence-corrected chi connectivity index (χ3v) is 2.98. The van der Waals surface area contributed by atoms with Crippen molar-refractivity contribution in [3.63, 3.8) is 0 Å². The van der Waals surface area contributed by atoms with Crippen molar-refractivity contribution in [3.8, 4) is 5.75 Å². The predicted molar refractivity (Wildman–Crippen MR) is 73.4 cm³/mol. The van der Waals surface area contributed by atoms with Gasteiger partial charge in [0.05, 0.1) is 4.47 Å². The van der Waals surface area contributed by atoms with E-state index in [1.165, 1.54) is 18.2 Å². The van der Waals surface area contributed by atoms with Crippen molar-refractivity contribution in [2.24, 2.45) is 0 Å². The summed E-state index contributed by atoms with van der Waals surface area (Å²) in [5.74, 6) is 0.163. The van der Waals surface area contributed by atoms with Crippen LogP contribution in [-0.4, -0.2) is 11.3 Å². The van der Waals surface area contributed by atoms with Crippen LogP contribution in [0.1, 0.15) is 0 Å². The Balaban J connectivity index is 2.17. The highest BCUT2D eigenvalue weighted by atomic mass is 79.9.